The zero-order valence-corrected chi connectivity index (χ0v) is 21.6. The first kappa shape index (κ1) is 28.2. The molecule has 3 N–H and O–H groups in total. The lowest BCUT2D eigenvalue weighted by Gasteiger charge is -2.26. The highest BCUT2D eigenvalue weighted by Gasteiger charge is 2.34. The molecule has 37 heavy (non-hydrogen) atoms. The molecule has 0 saturated heterocycles. The van der Waals surface area contributed by atoms with E-state index in [2.05, 4.69) is 26.6 Å². The van der Waals surface area contributed by atoms with Gasteiger partial charge in [0.15, 0.2) is 11.5 Å². The van der Waals surface area contributed by atoms with Gasteiger partial charge in [0.05, 0.1) is 31.7 Å². The zero-order chi connectivity index (χ0) is 27.0. The van der Waals surface area contributed by atoms with Crippen molar-refractivity contribution in [2.75, 3.05) is 25.8 Å². The summed E-state index contributed by atoms with van der Waals surface area (Å²) in [6.07, 6.45) is 2.82. The zero-order valence-electron chi connectivity index (χ0n) is 20.7. The molecular formula is C23H30FN6O6P. The number of nitrogens with zero attached hydrogens (tertiary/aromatic N) is 4. The Morgan fingerprint density at radius 1 is 1.27 bits per heavy atom. The highest BCUT2D eigenvalue weighted by atomic mass is 31.2. The summed E-state index contributed by atoms with van der Waals surface area (Å²) in [6.45, 7) is 7.22. The number of rotatable bonds is 14. The molecule has 2 heterocycles. The van der Waals surface area contributed by atoms with Crippen molar-refractivity contribution in [1.29, 1.82) is 0 Å². The lowest BCUT2D eigenvalue weighted by Crippen LogP contribution is -2.42. The topological polar surface area (TPSA) is 153 Å². The van der Waals surface area contributed by atoms with Gasteiger partial charge in [-0.2, -0.15) is 0 Å². The number of fused-ring (bicyclic) bond motifs is 1. The van der Waals surface area contributed by atoms with Crippen LogP contribution in [0.25, 0.3) is 11.2 Å². The van der Waals surface area contributed by atoms with Gasteiger partial charge >= 0.3 is 13.5 Å². The van der Waals surface area contributed by atoms with Gasteiger partial charge in [-0.1, -0.05) is 6.08 Å². The highest BCUT2D eigenvalue weighted by Crippen LogP contribution is 2.44. The molecule has 0 aliphatic heterocycles. The van der Waals surface area contributed by atoms with Crippen LogP contribution in [-0.2, 0) is 30.1 Å². The summed E-state index contributed by atoms with van der Waals surface area (Å²) in [6, 6.07) is 3.82. The third-order valence-electron chi connectivity index (χ3n) is 4.92. The molecule has 3 atom stereocenters. The Balaban J connectivity index is 1.80. The van der Waals surface area contributed by atoms with Crippen LogP contribution < -0.4 is 15.3 Å². The number of ether oxygens (including phenoxy) is 3. The Labute approximate surface area is 213 Å². The van der Waals surface area contributed by atoms with Gasteiger partial charge in [-0.25, -0.2) is 24.4 Å². The maximum absolute atomic E-state index is 13.9. The number of hydrogen-bond acceptors (Lipinski definition) is 10. The van der Waals surface area contributed by atoms with E-state index in [-0.39, 0.29) is 24.7 Å². The number of halogens is 1. The number of benzene rings is 1. The number of anilines is 1. The fourth-order valence-corrected chi connectivity index (χ4v) is 4.93. The van der Waals surface area contributed by atoms with Crippen molar-refractivity contribution in [2.24, 2.45) is 0 Å². The Morgan fingerprint density at radius 2 is 2.00 bits per heavy atom. The first-order valence-corrected chi connectivity index (χ1v) is 13.1. The van der Waals surface area contributed by atoms with E-state index in [0.29, 0.717) is 11.2 Å². The molecule has 1 aromatic carbocycles. The molecule has 0 unspecified atom stereocenters. The number of aromatic nitrogens is 4. The van der Waals surface area contributed by atoms with Crippen LogP contribution in [0.15, 0.2) is 49.6 Å². The lowest BCUT2D eigenvalue weighted by atomic mass is 10.3. The van der Waals surface area contributed by atoms with E-state index in [1.807, 2.05) is 0 Å². The van der Waals surface area contributed by atoms with Gasteiger partial charge < -0.3 is 29.0 Å². The standard InChI is InChI=1S/C23H30FN6O6P/c1-5-17(10-30-13-28-20-21(25)26-12-27-22(20)30)34-14-37(32,36-18-8-6-16(24)7-9-18)29-19(11-33-4)23(31)35-15(2)3/h5-9,12-13,15,17,19H,1,10-11,14H2,2-4H3,(H,29,32)(H2,25,26,27)/t17-,19+,37+/m1/s1. The van der Waals surface area contributed by atoms with Gasteiger partial charge in [0.1, 0.15) is 35.8 Å². The Morgan fingerprint density at radius 3 is 2.65 bits per heavy atom. The summed E-state index contributed by atoms with van der Waals surface area (Å²) in [5.74, 6) is -0.828. The lowest BCUT2D eigenvalue weighted by molar-refractivity contribution is -0.150. The summed E-state index contributed by atoms with van der Waals surface area (Å²) in [7, 11) is -2.56. The minimum atomic E-state index is -3.95. The van der Waals surface area contributed by atoms with Crippen LogP contribution in [0.5, 0.6) is 5.75 Å². The van der Waals surface area contributed by atoms with Crippen LogP contribution in [0.1, 0.15) is 13.8 Å². The number of esters is 1. The molecule has 14 heteroatoms. The number of imidazole rings is 1. The normalized spacial score (nSPS) is 14.7. The molecule has 0 aliphatic rings. The van der Waals surface area contributed by atoms with E-state index in [9.17, 15) is 13.8 Å². The van der Waals surface area contributed by atoms with E-state index in [1.54, 1.807) is 18.4 Å². The average Bonchev–Trinajstić information content (AvgIpc) is 3.26. The number of carbonyl (C=O) groups is 1. The molecule has 0 radical (unpaired) electrons. The fourth-order valence-electron chi connectivity index (χ4n) is 3.25. The molecular weight excluding hydrogens is 506 g/mol. The van der Waals surface area contributed by atoms with Gasteiger partial charge in [0.25, 0.3) is 0 Å². The predicted octanol–water partition coefficient (Wildman–Crippen LogP) is 2.90. The van der Waals surface area contributed by atoms with E-state index < -0.39 is 43.9 Å². The van der Waals surface area contributed by atoms with Crippen molar-refractivity contribution in [1.82, 2.24) is 24.6 Å². The van der Waals surface area contributed by atoms with Crippen LogP contribution >= 0.6 is 7.52 Å². The number of carbonyl (C=O) groups excluding carboxylic acids is 1. The van der Waals surface area contributed by atoms with E-state index in [0.717, 1.165) is 12.1 Å². The average molecular weight is 537 g/mol. The molecule has 12 nitrogen and oxygen atoms in total. The number of hydrogen-bond donors (Lipinski definition) is 2. The van der Waals surface area contributed by atoms with Gasteiger partial charge in [-0.3, -0.25) is 9.36 Å². The van der Waals surface area contributed by atoms with Crippen molar-refractivity contribution in [2.45, 2.75) is 38.6 Å². The summed E-state index contributed by atoms with van der Waals surface area (Å²) in [4.78, 5) is 24.9. The van der Waals surface area contributed by atoms with Crippen LogP contribution in [0.3, 0.4) is 0 Å². The minimum Gasteiger partial charge on any atom is -0.462 e. The number of methoxy groups -OCH3 is 1. The largest absolute Gasteiger partial charge is 0.462 e. The third kappa shape index (κ3) is 7.80. The molecule has 0 saturated carbocycles. The van der Waals surface area contributed by atoms with Crippen molar-refractivity contribution < 1.29 is 32.5 Å². The molecule has 0 bridgehead atoms. The Kier molecular flexibility index (Phi) is 9.70. The molecule has 0 amide bonds. The molecule has 0 aliphatic carbocycles. The number of nitrogens with one attached hydrogen (secondary N) is 1. The highest BCUT2D eigenvalue weighted by molar-refractivity contribution is 7.57. The summed E-state index contributed by atoms with van der Waals surface area (Å²) in [5, 5.41) is 2.70. The van der Waals surface area contributed by atoms with Crippen LogP contribution in [0.2, 0.25) is 0 Å². The molecule has 0 fully saturated rings. The summed E-state index contributed by atoms with van der Waals surface area (Å²) >= 11 is 0. The summed E-state index contributed by atoms with van der Waals surface area (Å²) < 4.78 is 50.9. The second-order valence-corrected chi connectivity index (χ2v) is 10.3. The first-order valence-electron chi connectivity index (χ1n) is 11.3. The smallest absolute Gasteiger partial charge is 0.342 e. The van der Waals surface area contributed by atoms with Crippen molar-refractivity contribution in [3.05, 3.63) is 55.4 Å². The molecule has 0 spiro atoms. The second kappa shape index (κ2) is 12.7. The first-order chi connectivity index (χ1) is 17.6. The van der Waals surface area contributed by atoms with E-state index >= 15 is 0 Å². The van der Waals surface area contributed by atoms with Crippen LogP contribution in [0.4, 0.5) is 10.2 Å². The van der Waals surface area contributed by atoms with E-state index in [4.69, 9.17) is 24.5 Å². The number of nitrogen functional groups attached to an aromatic ring is 1. The third-order valence-corrected chi connectivity index (χ3v) is 6.62. The molecule has 3 aromatic rings. The van der Waals surface area contributed by atoms with E-state index in [1.165, 1.54) is 38.0 Å². The van der Waals surface area contributed by atoms with Crippen molar-refractivity contribution in [3.8, 4) is 5.75 Å². The molecule has 3 rings (SSSR count). The minimum absolute atomic E-state index is 0.108. The van der Waals surface area contributed by atoms with Crippen LogP contribution in [0, 0.1) is 5.82 Å². The fraction of sp³-hybridized carbons (Fsp3) is 0.391. The number of nitrogens with two attached hydrogens (primary N) is 1. The van der Waals surface area contributed by atoms with Crippen molar-refractivity contribution in [3.63, 3.8) is 0 Å². The molecule has 200 valence electrons. The maximum atomic E-state index is 13.9. The maximum Gasteiger partial charge on any atom is 0.342 e. The van der Waals surface area contributed by atoms with Gasteiger partial charge in [-0.05, 0) is 38.1 Å². The monoisotopic (exact) mass is 536 g/mol. The summed E-state index contributed by atoms with van der Waals surface area (Å²) in [5.41, 5.74) is 6.77. The molecule has 2 aromatic heterocycles. The Bertz CT molecular complexity index is 1250. The quantitative estimate of drug-likeness (QED) is 0.178. The van der Waals surface area contributed by atoms with Gasteiger partial charge in [0, 0.05) is 7.11 Å². The van der Waals surface area contributed by atoms with Crippen LogP contribution in [-0.4, -0.2) is 63.8 Å². The van der Waals surface area contributed by atoms with Gasteiger partial charge in [0.2, 0.25) is 0 Å². The Hall–Kier alpha value is -3.38. The van der Waals surface area contributed by atoms with Crippen molar-refractivity contribution >= 4 is 30.5 Å². The predicted molar refractivity (Wildman–Crippen MR) is 134 cm³/mol. The SMILES string of the molecule is C=C[C@H](Cn1cnc2c(N)ncnc21)OC[P@@](=O)(N[C@@H](COC)C(=O)OC(C)C)Oc1ccc(F)cc1. The second-order valence-electron chi connectivity index (χ2n) is 8.24. The van der Waals surface area contributed by atoms with Gasteiger partial charge in [-0.15, -0.1) is 6.58 Å².